The van der Waals surface area contributed by atoms with E-state index in [1.165, 1.54) is 19.1 Å². The standard InChI is InChI=1S/C19H17FN4O2S/c1-13(25)15-4-5-17(16(20)9-15)27-12-19(26)22-11-14-3-6-18(21-10-14)24-8-2-7-23-24/h2-10H,11-12H2,1H3,(H,22,26). The molecule has 27 heavy (non-hydrogen) atoms. The molecule has 0 aliphatic rings. The van der Waals surface area contributed by atoms with Crippen LogP contribution >= 0.6 is 11.8 Å². The Morgan fingerprint density at radius 3 is 2.74 bits per heavy atom. The van der Waals surface area contributed by atoms with Crippen molar-refractivity contribution in [1.29, 1.82) is 0 Å². The number of carbonyl (C=O) groups is 2. The molecule has 0 fully saturated rings. The molecule has 8 heteroatoms. The van der Waals surface area contributed by atoms with E-state index in [2.05, 4.69) is 15.4 Å². The SMILES string of the molecule is CC(=O)c1ccc(SCC(=O)NCc2ccc(-n3cccn3)nc2)c(F)c1. The quantitative estimate of drug-likeness (QED) is 0.501. The van der Waals surface area contributed by atoms with Gasteiger partial charge in [0.15, 0.2) is 11.6 Å². The predicted octanol–water partition coefficient (Wildman–Crippen LogP) is 3.02. The summed E-state index contributed by atoms with van der Waals surface area (Å²) in [5.74, 6) is -0.148. The fourth-order valence-corrected chi connectivity index (χ4v) is 3.04. The molecule has 1 N–H and O–H groups in total. The molecule has 3 rings (SSSR count). The minimum Gasteiger partial charge on any atom is -0.351 e. The number of carbonyl (C=O) groups excluding carboxylic acids is 2. The molecule has 3 aromatic rings. The number of nitrogens with one attached hydrogen (secondary N) is 1. The third-order valence-electron chi connectivity index (χ3n) is 3.74. The number of benzene rings is 1. The molecule has 0 saturated carbocycles. The molecule has 2 heterocycles. The van der Waals surface area contributed by atoms with E-state index >= 15 is 0 Å². The lowest BCUT2D eigenvalue weighted by Gasteiger charge is -2.07. The second-order valence-electron chi connectivity index (χ2n) is 5.74. The van der Waals surface area contributed by atoms with Crippen LogP contribution in [0, 0.1) is 5.82 Å². The number of amides is 1. The highest BCUT2D eigenvalue weighted by molar-refractivity contribution is 8.00. The first kappa shape index (κ1) is 18.8. The van der Waals surface area contributed by atoms with Gasteiger partial charge in [-0.2, -0.15) is 5.10 Å². The molecule has 0 radical (unpaired) electrons. The maximum Gasteiger partial charge on any atom is 0.230 e. The zero-order chi connectivity index (χ0) is 19.2. The van der Waals surface area contributed by atoms with E-state index < -0.39 is 5.82 Å². The number of aromatic nitrogens is 3. The van der Waals surface area contributed by atoms with Gasteiger partial charge in [0, 0.05) is 35.6 Å². The minimum absolute atomic E-state index is 0.0785. The van der Waals surface area contributed by atoms with Gasteiger partial charge in [-0.15, -0.1) is 11.8 Å². The first-order valence-electron chi connectivity index (χ1n) is 8.18. The van der Waals surface area contributed by atoms with Gasteiger partial charge in [0.25, 0.3) is 0 Å². The highest BCUT2D eigenvalue weighted by atomic mass is 32.2. The fourth-order valence-electron chi connectivity index (χ4n) is 2.29. The van der Waals surface area contributed by atoms with Gasteiger partial charge in [-0.3, -0.25) is 9.59 Å². The van der Waals surface area contributed by atoms with Crippen LogP contribution in [0.4, 0.5) is 4.39 Å². The lowest BCUT2D eigenvalue weighted by molar-refractivity contribution is -0.118. The molecule has 1 aromatic carbocycles. The molecule has 138 valence electrons. The van der Waals surface area contributed by atoms with Crippen LogP contribution in [-0.2, 0) is 11.3 Å². The van der Waals surface area contributed by atoms with E-state index in [-0.39, 0.29) is 17.4 Å². The van der Waals surface area contributed by atoms with Crippen molar-refractivity contribution in [3.8, 4) is 5.82 Å². The molecule has 6 nitrogen and oxygen atoms in total. The van der Waals surface area contributed by atoms with Crippen LogP contribution < -0.4 is 5.32 Å². The smallest absolute Gasteiger partial charge is 0.230 e. The highest BCUT2D eigenvalue weighted by Crippen LogP contribution is 2.22. The molecule has 0 aliphatic carbocycles. The molecule has 1 amide bonds. The zero-order valence-corrected chi connectivity index (χ0v) is 15.4. The Morgan fingerprint density at radius 2 is 2.11 bits per heavy atom. The van der Waals surface area contributed by atoms with Gasteiger partial charge in [-0.05, 0) is 36.8 Å². The van der Waals surface area contributed by atoms with Crippen molar-refractivity contribution in [3.05, 3.63) is 71.9 Å². The largest absolute Gasteiger partial charge is 0.351 e. The summed E-state index contributed by atoms with van der Waals surface area (Å²) in [6.07, 6.45) is 5.14. The van der Waals surface area contributed by atoms with Crippen molar-refractivity contribution in [2.45, 2.75) is 18.4 Å². The number of hydrogen-bond donors (Lipinski definition) is 1. The maximum atomic E-state index is 13.9. The van der Waals surface area contributed by atoms with E-state index in [0.717, 1.165) is 17.3 Å². The van der Waals surface area contributed by atoms with Crippen LogP contribution in [0.15, 0.2) is 59.9 Å². The Bertz CT molecular complexity index is 943. The minimum atomic E-state index is -0.501. The van der Waals surface area contributed by atoms with E-state index in [9.17, 15) is 14.0 Å². The lowest BCUT2D eigenvalue weighted by atomic mass is 10.1. The van der Waals surface area contributed by atoms with Crippen molar-refractivity contribution in [3.63, 3.8) is 0 Å². The number of thioether (sulfide) groups is 1. The van der Waals surface area contributed by atoms with E-state index in [1.807, 2.05) is 18.2 Å². The van der Waals surface area contributed by atoms with Gasteiger partial charge in [0.2, 0.25) is 5.91 Å². The summed E-state index contributed by atoms with van der Waals surface area (Å²) in [4.78, 5) is 27.8. The van der Waals surface area contributed by atoms with Crippen molar-refractivity contribution in [2.24, 2.45) is 0 Å². The Kier molecular flexibility index (Phi) is 5.97. The van der Waals surface area contributed by atoms with Crippen molar-refractivity contribution in [1.82, 2.24) is 20.1 Å². The lowest BCUT2D eigenvalue weighted by Crippen LogP contribution is -2.24. The molecular weight excluding hydrogens is 367 g/mol. The van der Waals surface area contributed by atoms with Crippen LogP contribution in [0.3, 0.4) is 0 Å². The number of hydrogen-bond acceptors (Lipinski definition) is 5. The van der Waals surface area contributed by atoms with Gasteiger partial charge in [-0.1, -0.05) is 12.1 Å². The average molecular weight is 384 g/mol. The zero-order valence-electron chi connectivity index (χ0n) is 14.6. The molecule has 2 aromatic heterocycles. The number of ketones is 1. The number of halogens is 1. The maximum absolute atomic E-state index is 13.9. The van der Waals surface area contributed by atoms with Gasteiger partial charge < -0.3 is 5.32 Å². The highest BCUT2D eigenvalue weighted by Gasteiger charge is 2.09. The number of Topliss-reactive ketones (excluding diaryl/α,β-unsaturated/α-hetero) is 1. The van der Waals surface area contributed by atoms with Gasteiger partial charge in [0.05, 0.1) is 5.75 Å². The van der Waals surface area contributed by atoms with Crippen LogP contribution in [0.5, 0.6) is 0 Å². The summed E-state index contributed by atoms with van der Waals surface area (Å²) in [5, 5.41) is 6.87. The first-order chi connectivity index (χ1) is 13.0. The first-order valence-corrected chi connectivity index (χ1v) is 9.16. The van der Waals surface area contributed by atoms with Crippen LogP contribution in [-0.4, -0.2) is 32.2 Å². The Morgan fingerprint density at radius 1 is 1.26 bits per heavy atom. The summed E-state index contributed by atoms with van der Waals surface area (Å²) in [6.45, 7) is 1.71. The van der Waals surface area contributed by atoms with Crippen molar-refractivity contribution < 1.29 is 14.0 Å². The Balaban J connectivity index is 1.49. The van der Waals surface area contributed by atoms with Gasteiger partial charge in [-0.25, -0.2) is 14.1 Å². The fraction of sp³-hybridized carbons (Fsp3) is 0.158. The number of pyridine rings is 1. The summed E-state index contributed by atoms with van der Waals surface area (Å²) < 4.78 is 15.6. The topological polar surface area (TPSA) is 76.9 Å². The predicted molar refractivity (Wildman–Crippen MR) is 100 cm³/mol. The normalized spacial score (nSPS) is 10.6. The molecule has 0 atom stereocenters. The molecule has 0 bridgehead atoms. The van der Waals surface area contributed by atoms with E-state index in [4.69, 9.17) is 0 Å². The van der Waals surface area contributed by atoms with Crippen LogP contribution in [0.2, 0.25) is 0 Å². The van der Waals surface area contributed by atoms with E-state index in [1.54, 1.807) is 29.3 Å². The second kappa shape index (κ2) is 8.59. The van der Waals surface area contributed by atoms with Crippen molar-refractivity contribution in [2.75, 3.05) is 5.75 Å². The second-order valence-corrected chi connectivity index (χ2v) is 6.76. The number of rotatable bonds is 7. The Labute approximate surface area is 159 Å². The van der Waals surface area contributed by atoms with Gasteiger partial charge in [0.1, 0.15) is 5.82 Å². The third-order valence-corrected chi connectivity index (χ3v) is 4.78. The van der Waals surface area contributed by atoms with Crippen LogP contribution in [0.25, 0.3) is 5.82 Å². The summed E-state index contributed by atoms with van der Waals surface area (Å²) in [7, 11) is 0. The Hall–Kier alpha value is -3.00. The van der Waals surface area contributed by atoms with Crippen LogP contribution in [0.1, 0.15) is 22.8 Å². The average Bonchev–Trinajstić information content (AvgIpc) is 3.20. The summed E-state index contributed by atoms with van der Waals surface area (Å²) in [6, 6.07) is 9.74. The summed E-state index contributed by atoms with van der Waals surface area (Å²) in [5.41, 5.74) is 1.16. The molecule has 0 saturated heterocycles. The number of nitrogens with zero attached hydrogens (tertiary/aromatic N) is 3. The molecular formula is C19H17FN4O2S. The third kappa shape index (κ3) is 5.01. The van der Waals surface area contributed by atoms with Gasteiger partial charge >= 0.3 is 0 Å². The molecule has 0 aliphatic heterocycles. The monoisotopic (exact) mass is 384 g/mol. The molecule has 0 unspecified atom stereocenters. The summed E-state index contributed by atoms with van der Waals surface area (Å²) >= 11 is 1.09. The van der Waals surface area contributed by atoms with E-state index in [0.29, 0.717) is 22.8 Å². The molecule has 0 spiro atoms. The van der Waals surface area contributed by atoms with Crippen molar-refractivity contribution >= 4 is 23.5 Å².